The highest BCUT2D eigenvalue weighted by molar-refractivity contribution is 14.1. The lowest BCUT2D eigenvalue weighted by Gasteiger charge is -2.23. The summed E-state index contributed by atoms with van der Waals surface area (Å²) in [7, 11) is 0. The third-order valence-electron chi connectivity index (χ3n) is 4.10. The molecule has 134 valence electrons. The van der Waals surface area contributed by atoms with Gasteiger partial charge in [0.15, 0.2) is 0 Å². The number of quaternary nitrogens is 1. The Morgan fingerprint density at radius 2 is 1.52 bits per heavy atom. The number of nitrogens with two attached hydrogens (primary N) is 1. The van der Waals surface area contributed by atoms with E-state index >= 15 is 0 Å². The molecule has 1 aliphatic rings. The highest BCUT2D eigenvalue weighted by Crippen LogP contribution is 2.25. The minimum Gasteiger partial charge on any atom is -0.258 e. The van der Waals surface area contributed by atoms with Crippen molar-refractivity contribution in [2.24, 2.45) is 5.10 Å². The van der Waals surface area contributed by atoms with E-state index in [0.717, 1.165) is 26.3 Å². The molecule has 2 N–H and O–H groups in total. The van der Waals surface area contributed by atoms with E-state index in [9.17, 15) is 10.1 Å². The Labute approximate surface area is 169 Å². The molecule has 0 unspecified atom stereocenters. The molecular weight excluding hydrogens is 457 g/mol. The summed E-state index contributed by atoms with van der Waals surface area (Å²) in [5.41, 5.74) is 4.69. The highest BCUT2D eigenvalue weighted by Gasteiger charge is 2.31. The Kier molecular flexibility index (Phi) is 4.73. The molecule has 8 heteroatoms. The van der Waals surface area contributed by atoms with Crippen LogP contribution in [0, 0.1) is 13.7 Å². The van der Waals surface area contributed by atoms with Crippen LogP contribution in [0.4, 0.5) is 17.1 Å². The molecule has 1 aliphatic heterocycles. The first-order valence-electron chi connectivity index (χ1n) is 8.20. The van der Waals surface area contributed by atoms with Gasteiger partial charge >= 0.3 is 0 Å². The summed E-state index contributed by atoms with van der Waals surface area (Å²) in [6.07, 6.45) is 0. The minimum absolute atomic E-state index is 0.0509. The van der Waals surface area contributed by atoms with Gasteiger partial charge in [0.2, 0.25) is 0 Å². The van der Waals surface area contributed by atoms with Gasteiger partial charge in [0, 0.05) is 15.7 Å². The van der Waals surface area contributed by atoms with Gasteiger partial charge in [-0.3, -0.25) is 10.1 Å². The molecule has 0 saturated carbocycles. The Hall–Kier alpha value is -2.98. The Balaban J connectivity index is 1.73. The number of hydrazine groups is 1. The molecule has 0 spiro atoms. The normalized spacial score (nSPS) is 13.6. The second kappa shape index (κ2) is 7.33. The average molecular weight is 472 g/mol. The largest absolute Gasteiger partial charge is 0.277 e. The van der Waals surface area contributed by atoms with Crippen molar-refractivity contribution in [1.29, 1.82) is 0 Å². The maximum absolute atomic E-state index is 10.9. The number of nitro benzene ring substituents is 1. The summed E-state index contributed by atoms with van der Waals surface area (Å²) in [4.78, 5) is 10.5. The highest BCUT2D eigenvalue weighted by atomic mass is 127. The molecule has 1 heterocycles. The van der Waals surface area contributed by atoms with Gasteiger partial charge in [-0.05, 0) is 71.1 Å². The lowest BCUT2D eigenvalue weighted by Crippen LogP contribution is -2.96. The molecule has 0 aromatic heterocycles. The van der Waals surface area contributed by atoms with Crippen LogP contribution in [0.15, 0.2) is 84.0 Å². The van der Waals surface area contributed by atoms with Crippen LogP contribution < -0.4 is 15.7 Å². The minimum atomic E-state index is -0.407. The van der Waals surface area contributed by atoms with Gasteiger partial charge in [-0.25, -0.2) is 0 Å². The topological polar surface area (TPSA) is 78.6 Å². The first-order chi connectivity index (χ1) is 13.1. The van der Waals surface area contributed by atoms with Crippen LogP contribution in [0.1, 0.15) is 5.56 Å². The van der Waals surface area contributed by atoms with Crippen molar-refractivity contribution in [2.45, 2.75) is 0 Å². The molecule has 0 radical (unpaired) electrons. The molecule has 3 aromatic carbocycles. The lowest BCUT2D eigenvalue weighted by molar-refractivity contribution is -0.545. The standard InChI is InChI=1S/C19H14IN5O2/c20-15-6-8-16(9-7-15)23-21-19(14-4-2-1-3-5-14)22-24(23)17-10-12-18(13-11-17)25(26)27/h1-13H,(H,21,22)/p+1. The fourth-order valence-corrected chi connectivity index (χ4v) is 3.11. The van der Waals surface area contributed by atoms with E-state index in [1.807, 2.05) is 65.1 Å². The smallest absolute Gasteiger partial charge is 0.258 e. The number of rotatable bonds is 4. The van der Waals surface area contributed by atoms with E-state index < -0.39 is 4.92 Å². The number of nitrogens with zero attached hydrogens (tertiary/aromatic N) is 4. The Morgan fingerprint density at radius 1 is 0.889 bits per heavy atom. The van der Waals surface area contributed by atoms with Crippen LogP contribution in [-0.4, -0.2) is 10.8 Å². The molecular formula is C19H15IN5O2+. The van der Waals surface area contributed by atoms with Crippen molar-refractivity contribution in [2.75, 3.05) is 10.2 Å². The molecule has 0 saturated heterocycles. The van der Waals surface area contributed by atoms with Crippen molar-refractivity contribution >= 4 is 45.5 Å². The number of hydrogen-bond donors (Lipinski definition) is 1. The molecule has 0 fully saturated rings. The first kappa shape index (κ1) is 17.4. The zero-order chi connectivity index (χ0) is 18.8. The fraction of sp³-hybridized carbons (Fsp3) is 0. The van der Waals surface area contributed by atoms with Gasteiger partial charge in [-0.15, -0.1) is 10.2 Å². The molecule has 0 atom stereocenters. The Morgan fingerprint density at radius 3 is 2.15 bits per heavy atom. The van der Waals surface area contributed by atoms with E-state index in [2.05, 4.69) is 22.6 Å². The van der Waals surface area contributed by atoms with Crippen LogP contribution in [0.2, 0.25) is 0 Å². The van der Waals surface area contributed by atoms with Crippen molar-refractivity contribution in [3.8, 4) is 0 Å². The Bertz CT molecular complexity index is 991. The van der Waals surface area contributed by atoms with Crippen molar-refractivity contribution in [3.05, 3.63) is 98.1 Å². The van der Waals surface area contributed by atoms with Crippen molar-refractivity contribution < 1.29 is 10.3 Å². The quantitative estimate of drug-likeness (QED) is 0.274. The molecule has 7 nitrogen and oxygen atoms in total. The fourth-order valence-electron chi connectivity index (χ4n) is 2.76. The van der Waals surface area contributed by atoms with Crippen LogP contribution in [0.3, 0.4) is 0 Å². The molecule has 0 aliphatic carbocycles. The van der Waals surface area contributed by atoms with E-state index in [4.69, 9.17) is 5.10 Å². The summed E-state index contributed by atoms with van der Waals surface area (Å²) in [5, 5.41) is 19.3. The summed E-state index contributed by atoms with van der Waals surface area (Å²) in [6, 6.07) is 24.3. The monoisotopic (exact) mass is 472 g/mol. The molecule has 0 bridgehead atoms. The predicted molar refractivity (Wildman–Crippen MR) is 112 cm³/mol. The van der Waals surface area contributed by atoms with Crippen molar-refractivity contribution in [1.82, 2.24) is 0 Å². The summed E-state index contributed by atoms with van der Waals surface area (Å²) in [6.45, 7) is 0. The molecule has 4 rings (SSSR count). The van der Waals surface area contributed by atoms with Crippen molar-refractivity contribution in [3.63, 3.8) is 0 Å². The number of nitro groups is 1. The van der Waals surface area contributed by atoms with Gasteiger partial charge in [0.25, 0.3) is 11.5 Å². The SMILES string of the molecule is O=[N+]([O-])c1ccc(N2N=C(c3ccccc3)[NH2+]N2c2ccc(I)cc2)cc1. The van der Waals surface area contributed by atoms with E-state index in [0.29, 0.717) is 0 Å². The number of amidine groups is 1. The second-order valence-electron chi connectivity index (χ2n) is 5.86. The number of hydrazone groups is 1. The number of non-ortho nitro benzene ring substituents is 1. The number of anilines is 2. The molecule has 3 aromatic rings. The van der Waals surface area contributed by atoms with E-state index in [1.54, 1.807) is 17.3 Å². The van der Waals surface area contributed by atoms with E-state index in [1.165, 1.54) is 12.1 Å². The molecule has 0 amide bonds. The maximum Gasteiger partial charge on any atom is 0.277 e. The zero-order valence-corrected chi connectivity index (χ0v) is 16.2. The van der Waals surface area contributed by atoms with Crippen LogP contribution in [0.5, 0.6) is 0 Å². The number of hydrogen-bond acceptors (Lipinski definition) is 5. The third-order valence-corrected chi connectivity index (χ3v) is 4.82. The lowest BCUT2D eigenvalue weighted by atomic mass is 10.2. The van der Waals surface area contributed by atoms with Gasteiger partial charge < -0.3 is 0 Å². The predicted octanol–water partition coefficient (Wildman–Crippen LogP) is 3.28. The first-order valence-corrected chi connectivity index (χ1v) is 9.28. The van der Waals surface area contributed by atoms with Gasteiger partial charge in [-0.2, -0.15) is 5.43 Å². The van der Waals surface area contributed by atoms with Crippen LogP contribution in [0.25, 0.3) is 0 Å². The van der Waals surface area contributed by atoms with Gasteiger partial charge in [0.05, 0.1) is 16.2 Å². The maximum atomic E-state index is 10.9. The molecule has 27 heavy (non-hydrogen) atoms. The summed E-state index contributed by atoms with van der Waals surface area (Å²) < 4.78 is 1.14. The number of halogens is 1. The summed E-state index contributed by atoms with van der Waals surface area (Å²) >= 11 is 2.26. The van der Waals surface area contributed by atoms with E-state index in [-0.39, 0.29) is 5.69 Å². The van der Waals surface area contributed by atoms with Crippen LogP contribution >= 0.6 is 22.6 Å². The third kappa shape index (κ3) is 3.62. The second-order valence-corrected chi connectivity index (χ2v) is 7.11. The van der Waals surface area contributed by atoms with Crippen LogP contribution in [-0.2, 0) is 0 Å². The van der Waals surface area contributed by atoms with Gasteiger partial charge in [-0.1, -0.05) is 23.3 Å². The average Bonchev–Trinajstić information content (AvgIpc) is 3.15. The summed E-state index contributed by atoms with van der Waals surface area (Å²) in [5.74, 6) is 0.813. The van der Waals surface area contributed by atoms with Gasteiger partial charge in [0.1, 0.15) is 5.69 Å². The number of benzene rings is 3. The zero-order valence-electron chi connectivity index (χ0n) is 14.1.